The summed E-state index contributed by atoms with van der Waals surface area (Å²) < 4.78 is 5.97. The van der Waals surface area contributed by atoms with Crippen LogP contribution in [0.1, 0.15) is 26.3 Å². The molecule has 0 radical (unpaired) electrons. The highest BCUT2D eigenvalue weighted by atomic mass is 16.5. The van der Waals surface area contributed by atoms with E-state index >= 15 is 0 Å². The second-order valence-electron chi connectivity index (χ2n) is 7.77. The van der Waals surface area contributed by atoms with Gasteiger partial charge in [0.2, 0.25) is 0 Å². The zero-order valence-corrected chi connectivity index (χ0v) is 17.5. The Kier molecular flexibility index (Phi) is 5.06. The fourth-order valence-corrected chi connectivity index (χ4v) is 3.95. The number of carboxylic acid groups (broad SMARTS) is 1. The molecule has 3 N–H and O–H groups in total. The Balaban J connectivity index is 1.34. The van der Waals surface area contributed by atoms with Crippen LogP contribution in [0.15, 0.2) is 78.9 Å². The molecule has 0 fully saturated rings. The first-order chi connectivity index (χ1) is 16.0. The van der Waals surface area contributed by atoms with Crippen LogP contribution in [0.5, 0.6) is 11.5 Å². The number of fused-ring (bicyclic) bond motifs is 3. The van der Waals surface area contributed by atoms with Crippen LogP contribution in [-0.2, 0) is 6.54 Å². The standard InChI is InChI=1S/C26H20N2O5/c29-23-11-7-18(26(31)32)13-22(23)27-25(30)17-5-9-19(10-6-17)28-14-21-20-4-2-1-3-16(20)8-12-24(21)33-15-28/h1-13,29H,14-15H2,(H,27,30)(H,31,32). The SMILES string of the molecule is O=C(O)c1ccc(O)c(NC(=O)c2ccc(N3COc4ccc5ccccc5c4C3)cc2)c1. The molecule has 1 amide bonds. The summed E-state index contributed by atoms with van der Waals surface area (Å²) in [5, 5.41) is 23.9. The third-order valence-electron chi connectivity index (χ3n) is 5.71. The molecule has 5 rings (SSSR count). The highest BCUT2D eigenvalue weighted by molar-refractivity contribution is 6.05. The number of carboxylic acids is 1. The predicted octanol–water partition coefficient (Wildman–Crippen LogP) is 4.85. The lowest BCUT2D eigenvalue weighted by Gasteiger charge is -2.31. The first kappa shape index (κ1) is 20.4. The van der Waals surface area contributed by atoms with E-state index in [9.17, 15) is 14.7 Å². The van der Waals surface area contributed by atoms with Crippen LogP contribution in [0.2, 0.25) is 0 Å². The van der Waals surface area contributed by atoms with Crippen molar-refractivity contribution < 1.29 is 24.5 Å². The summed E-state index contributed by atoms with van der Waals surface area (Å²) in [5.41, 5.74) is 2.41. The monoisotopic (exact) mass is 440 g/mol. The number of amides is 1. The van der Waals surface area contributed by atoms with Crippen molar-refractivity contribution in [2.75, 3.05) is 16.9 Å². The summed E-state index contributed by atoms with van der Waals surface area (Å²) in [4.78, 5) is 25.9. The molecule has 7 heteroatoms. The molecule has 0 aromatic heterocycles. The molecule has 0 saturated heterocycles. The van der Waals surface area contributed by atoms with Crippen LogP contribution in [0.3, 0.4) is 0 Å². The van der Waals surface area contributed by atoms with Gasteiger partial charge in [0.1, 0.15) is 11.5 Å². The minimum absolute atomic E-state index is 0.0312. The Morgan fingerprint density at radius 2 is 1.67 bits per heavy atom. The molecule has 0 spiro atoms. The molecule has 0 bridgehead atoms. The summed E-state index contributed by atoms with van der Waals surface area (Å²) >= 11 is 0. The summed E-state index contributed by atoms with van der Waals surface area (Å²) in [7, 11) is 0. The number of carbonyl (C=O) groups excluding carboxylic acids is 1. The Hall–Kier alpha value is -4.52. The van der Waals surface area contributed by atoms with Gasteiger partial charge in [0.15, 0.2) is 6.73 Å². The van der Waals surface area contributed by atoms with E-state index in [-0.39, 0.29) is 17.0 Å². The number of phenols is 1. The number of nitrogens with one attached hydrogen (secondary N) is 1. The van der Waals surface area contributed by atoms with Gasteiger partial charge < -0.3 is 25.2 Å². The van der Waals surface area contributed by atoms with Crippen LogP contribution in [0, 0.1) is 0 Å². The number of benzene rings is 4. The maximum Gasteiger partial charge on any atom is 0.335 e. The normalized spacial score (nSPS) is 12.7. The first-order valence-corrected chi connectivity index (χ1v) is 10.4. The van der Waals surface area contributed by atoms with Gasteiger partial charge in [-0.3, -0.25) is 4.79 Å². The molecule has 0 saturated carbocycles. The van der Waals surface area contributed by atoms with Gasteiger partial charge in [-0.2, -0.15) is 0 Å². The number of aromatic carboxylic acids is 1. The van der Waals surface area contributed by atoms with Crippen molar-refractivity contribution in [1.82, 2.24) is 0 Å². The van der Waals surface area contributed by atoms with E-state index in [1.165, 1.54) is 18.2 Å². The molecular weight excluding hydrogens is 420 g/mol. The van der Waals surface area contributed by atoms with Crippen molar-refractivity contribution in [2.24, 2.45) is 0 Å². The zero-order chi connectivity index (χ0) is 22.9. The van der Waals surface area contributed by atoms with Crippen molar-refractivity contribution in [3.63, 3.8) is 0 Å². The number of anilines is 2. The molecular formula is C26H20N2O5. The molecule has 1 aliphatic rings. The van der Waals surface area contributed by atoms with Gasteiger partial charge in [0.05, 0.1) is 17.8 Å². The third kappa shape index (κ3) is 3.92. The third-order valence-corrected chi connectivity index (χ3v) is 5.71. The number of hydrogen-bond acceptors (Lipinski definition) is 5. The topological polar surface area (TPSA) is 99.1 Å². The minimum Gasteiger partial charge on any atom is -0.506 e. The van der Waals surface area contributed by atoms with Gasteiger partial charge >= 0.3 is 5.97 Å². The predicted molar refractivity (Wildman–Crippen MR) is 125 cm³/mol. The molecule has 1 aliphatic heterocycles. The maximum absolute atomic E-state index is 12.6. The van der Waals surface area contributed by atoms with Crippen LogP contribution in [0.25, 0.3) is 10.8 Å². The van der Waals surface area contributed by atoms with Gasteiger partial charge in [-0.1, -0.05) is 30.3 Å². The van der Waals surface area contributed by atoms with Crippen LogP contribution in [0.4, 0.5) is 11.4 Å². The Labute approximate surface area is 189 Å². The summed E-state index contributed by atoms with van der Waals surface area (Å²) in [6.45, 7) is 1.07. The lowest BCUT2D eigenvalue weighted by Crippen LogP contribution is -2.32. The second-order valence-corrected chi connectivity index (χ2v) is 7.77. The Morgan fingerprint density at radius 3 is 2.45 bits per heavy atom. The van der Waals surface area contributed by atoms with Gasteiger partial charge in [-0.15, -0.1) is 0 Å². The van der Waals surface area contributed by atoms with Gasteiger partial charge in [-0.25, -0.2) is 4.79 Å². The quantitative estimate of drug-likeness (QED) is 0.392. The number of nitrogens with zero attached hydrogens (tertiary/aromatic N) is 1. The minimum atomic E-state index is -1.15. The fourth-order valence-electron chi connectivity index (χ4n) is 3.95. The zero-order valence-electron chi connectivity index (χ0n) is 17.5. The Bertz CT molecular complexity index is 1380. The lowest BCUT2D eigenvalue weighted by atomic mass is 10.0. The second kappa shape index (κ2) is 8.20. The van der Waals surface area contributed by atoms with Crippen molar-refractivity contribution in [2.45, 2.75) is 6.54 Å². The largest absolute Gasteiger partial charge is 0.506 e. The van der Waals surface area contributed by atoms with Crippen molar-refractivity contribution in [3.8, 4) is 11.5 Å². The van der Waals surface area contributed by atoms with Gasteiger partial charge in [0.25, 0.3) is 5.91 Å². The van der Waals surface area contributed by atoms with Crippen molar-refractivity contribution in [3.05, 3.63) is 95.6 Å². The molecule has 7 nitrogen and oxygen atoms in total. The molecule has 0 aliphatic carbocycles. The molecule has 0 atom stereocenters. The van der Waals surface area contributed by atoms with E-state index in [0.717, 1.165) is 27.8 Å². The van der Waals surface area contributed by atoms with Crippen LogP contribution >= 0.6 is 0 Å². The van der Waals surface area contributed by atoms with Gasteiger partial charge in [0, 0.05) is 16.8 Å². The van der Waals surface area contributed by atoms with E-state index < -0.39 is 11.9 Å². The van der Waals surface area contributed by atoms with E-state index in [1.54, 1.807) is 12.1 Å². The first-order valence-electron chi connectivity index (χ1n) is 10.4. The van der Waals surface area contributed by atoms with Crippen molar-refractivity contribution >= 4 is 34.0 Å². The average molecular weight is 440 g/mol. The van der Waals surface area contributed by atoms with Crippen LogP contribution < -0.4 is 15.0 Å². The highest BCUT2D eigenvalue weighted by Gasteiger charge is 2.20. The van der Waals surface area contributed by atoms with E-state index in [1.807, 2.05) is 30.3 Å². The number of aromatic hydroxyl groups is 1. The number of hydrogen-bond donors (Lipinski definition) is 3. The number of ether oxygens (including phenoxy) is 1. The maximum atomic E-state index is 12.6. The Morgan fingerprint density at radius 1 is 0.909 bits per heavy atom. The molecule has 33 heavy (non-hydrogen) atoms. The molecule has 1 heterocycles. The fraction of sp³-hybridized carbons (Fsp3) is 0.0769. The summed E-state index contributed by atoms with van der Waals surface area (Å²) in [6.07, 6.45) is 0. The summed E-state index contributed by atoms with van der Waals surface area (Å²) in [6, 6.07) is 23.0. The van der Waals surface area contributed by atoms with Gasteiger partial charge in [-0.05, 0) is 59.3 Å². The van der Waals surface area contributed by atoms with E-state index in [0.29, 0.717) is 18.8 Å². The molecule has 4 aromatic rings. The average Bonchev–Trinajstić information content (AvgIpc) is 2.85. The molecule has 0 unspecified atom stereocenters. The number of rotatable bonds is 4. The number of carbonyl (C=O) groups is 2. The van der Waals surface area contributed by atoms with Crippen molar-refractivity contribution in [1.29, 1.82) is 0 Å². The van der Waals surface area contributed by atoms with Crippen LogP contribution in [-0.4, -0.2) is 28.8 Å². The number of phenolic OH excluding ortho intramolecular Hbond substituents is 1. The lowest BCUT2D eigenvalue weighted by molar-refractivity contribution is 0.0696. The molecule has 164 valence electrons. The molecule has 4 aromatic carbocycles. The highest BCUT2D eigenvalue weighted by Crippen LogP contribution is 2.34. The smallest absolute Gasteiger partial charge is 0.335 e. The summed E-state index contributed by atoms with van der Waals surface area (Å²) in [5.74, 6) is -0.927. The van der Waals surface area contributed by atoms with E-state index in [4.69, 9.17) is 9.84 Å². The van der Waals surface area contributed by atoms with E-state index in [2.05, 4.69) is 28.4 Å².